The summed E-state index contributed by atoms with van der Waals surface area (Å²) >= 11 is 4.68. The van der Waals surface area contributed by atoms with Gasteiger partial charge in [0.2, 0.25) is 0 Å². The molecule has 8 nitrogen and oxygen atoms in total. The van der Waals surface area contributed by atoms with Crippen LogP contribution < -0.4 is 15.0 Å². The van der Waals surface area contributed by atoms with Crippen molar-refractivity contribution >= 4 is 33.7 Å². The van der Waals surface area contributed by atoms with Crippen LogP contribution in [0.5, 0.6) is 11.5 Å². The van der Waals surface area contributed by atoms with E-state index in [0.717, 1.165) is 0 Å². The van der Waals surface area contributed by atoms with Crippen LogP contribution in [0.15, 0.2) is 26.6 Å². The minimum Gasteiger partial charge on any atom is -0.490 e. The number of benzene rings is 1. The zero-order chi connectivity index (χ0) is 21.6. The molecule has 0 saturated carbocycles. The smallest absolute Gasteiger partial charge is 0.344 e. The van der Waals surface area contributed by atoms with Crippen molar-refractivity contribution in [2.75, 3.05) is 19.5 Å². The van der Waals surface area contributed by atoms with E-state index in [-0.39, 0.29) is 24.0 Å². The maximum atomic E-state index is 12.2. The van der Waals surface area contributed by atoms with Gasteiger partial charge in [-0.15, -0.1) is 0 Å². The second-order valence-corrected chi connectivity index (χ2v) is 7.60. The molecule has 2 aromatic rings. The van der Waals surface area contributed by atoms with Gasteiger partial charge in [0.25, 0.3) is 5.56 Å². The van der Waals surface area contributed by atoms with Crippen LogP contribution in [0.1, 0.15) is 26.3 Å². The Bertz CT molecular complexity index is 1000. The number of nitriles is 1. The van der Waals surface area contributed by atoms with Gasteiger partial charge in [-0.3, -0.25) is 4.79 Å². The van der Waals surface area contributed by atoms with Crippen molar-refractivity contribution in [1.29, 1.82) is 5.26 Å². The van der Waals surface area contributed by atoms with Crippen LogP contribution in [0.25, 0.3) is 11.3 Å². The zero-order valence-corrected chi connectivity index (χ0v) is 18.8. The maximum Gasteiger partial charge on any atom is 0.344 e. The van der Waals surface area contributed by atoms with E-state index in [9.17, 15) is 14.9 Å². The van der Waals surface area contributed by atoms with Crippen molar-refractivity contribution in [3.05, 3.63) is 32.5 Å². The van der Waals surface area contributed by atoms with E-state index in [1.165, 1.54) is 11.8 Å². The summed E-state index contributed by atoms with van der Waals surface area (Å²) in [5.41, 5.74) is 0.0753. The SMILES string of the molecule is CCOc1cc(-c2nc(SC)[nH]c(=O)c2C#N)c(Br)cc1OCC(=O)OC(C)C. The van der Waals surface area contributed by atoms with E-state index in [4.69, 9.17) is 14.2 Å². The lowest BCUT2D eigenvalue weighted by atomic mass is 10.1. The molecule has 1 aromatic heterocycles. The maximum absolute atomic E-state index is 12.2. The molecule has 1 N–H and O–H groups in total. The number of carbonyl (C=O) groups excluding carboxylic acids is 1. The number of aromatic amines is 1. The molecular weight excluding hydrogens is 462 g/mol. The third-order valence-electron chi connectivity index (χ3n) is 3.50. The molecule has 0 atom stereocenters. The Balaban J connectivity index is 2.50. The van der Waals surface area contributed by atoms with Crippen LogP contribution in [-0.2, 0) is 9.53 Å². The topological polar surface area (TPSA) is 114 Å². The van der Waals surface area contributed by atoms with Crippen molar-refractivity contribution in [1.82, 2.24) is 9.97 Å². The summed E-state index contributed by atoms with van der Waals surface area (Å²) in [6, 6.07) is 5.11. The molecule has 0 unspecified atom stereocenters. The van der Waals surface area contributed by atoms with Crippen molar-refractivity contribution in [3.63, 3.8) is 0 Å². The summed E-state index contributed by atoms with van der Waals surface area (Å²) in [6.45, 7) is 5.36. The summed E-state index contributed by atoms with van der Waals surface area (Å²) in [5, 5.41) is 9.80. The van der Waals surface area contributed by atoms with Crippen LogP contribution in [0.3, 0.4) is 0 Å². The number of ether oxygens (including phenoxy) is 3. The van der Waals surface area contributed by atoms with E-state index < -0.39 is 11.5 Å². The average molecular weight is 482 g/mol. The number of nitrogens with zero attached hydrogens (tertiary/aromatic N) is 2. The fraction of sp³-hybridized carbons (Fsp3) is 0.368. The number of hydrogen-bond donors (Lipinski definition) is 1. The van der Waals surface area contributed by atoms with E-state index in [1.807, 2.05) is 6.07 Å². The lowest BCUT2D eigenvalue weighted by Crippen LogP contribution is -2.19. The van der Waals surface area contributed by atoms with Gasteiger partial charge in [0, 0.05) is 10.0 Å². The number of carbonyl (C=O) groups is 1. The quantitative estimate of drug-likeness (QED) is 0.345. The highest BCUT2D eigenvalue weighted by Crippen LogP contribution is 2.39. The third kappa shape index (κ3) is 5.74. The Kier molecular flexibility index (Phi) is 8.10. The molecule has 10 heteroatoms. The number of rotatable bonds is 8. The van der Waals surface area contributed by atoms with Crippen molar-refractivity contribution in [3.8, 4) is 28.8 Å². The minimum absolute atomic E-state index is 0.111. The van der Waals surface area contributed by atoms with Crippen molar-refractivity contribution < 1.29 is 19.0 Å². The van der Waals surface area contributed by atoms with Crippen LogP contribution >= 0.6 is 27.7 Å². The van der Waals surface area contributed by atoms with Gasteiger partial charge in [-0.25, -0.2) is 9.78 Å². The van der Waals surface area contributed by atoms with E-state index in [0.29, 0.717) is 33.3 Å². The first-order valence-electron chi connectivity index (χ1n) is 8.68. The van der Waals surface area contributed by atoms with Crippen LogP contribution in [0.4, 0.5) is 0 Å². The predicted molar refractivity (Wildman–Crippen MR) is 112 cm³/mol. The molecule has 1 heterocycles. The normalized spacial score (nSPS) is 10.5. The van der Waals surface area contributed by atoms with Gasteiger partial charge in [-0.05, 0) is 55.1 Å². The van der Waals surface area contributed by atoms with Crippen molar-refractivity contribution in [2.45, 2.75) is 32.0 Å². The largest absolute Gasteiger partial charge is 0.490 e. The number of thioether (sulfide) groups is 1. The Hall–Kier alpha value is -2.51. The number of nitrogens with one attached hydrogen (secondary N) is 1. The number of esters is 1. The molecule has 0 amide bonds. The first kappa shape index (κ1) is 22.8. The predicted octanol–water partition coefficient (Wildman–Crippen LogP) is 3.52. The highest BCUT2D eigenvalue weighted by atomic mass is 79.9. The molecule has 0 aliphatic carbocycles. The van der Waals surface area contributed by atoms with Gasteiger partial charge in [-0.1, -0.05) is 11.8 Å². The monoisotopic (exact) mass is 481 g/mol. The summed E-state index contributed by atoms with van der Waals surface area (Å²) in [6.07, 6.45) is 1.52. The van der Waals surface area contributed by atoms with Gasteiger partial charge >= 0.3 is 5.97 Å². The standard InChI is InChI=1S/C19H20BrN3O5S/c1-5-26-14-6-11(17-12(8-21)18(25)23-19(22-17)29-4)13(20)7-15(14)27-9-16(24)28-10(2)3/h6-7,10H,5,9H2,1-4H3,(H,22,23,25). The average Bonchev–Trinajstić information content (AvgIpc) is 2.66. The highest BCUT2D eigenvalue weighted by molar-refractivity contribution is 9.10. The first-order chi connectivity index (χ1) is 13.8. The molecule has 2 rings (SSSR count). The second kappa shape index (κ2) is 10.3. The van der Waals surface area contributed by atoms with E-state index in [1.54, 1.807) is 39.2 Å². The third-order valence-corrected chi connectivity index (χ3v) is 4.74. The Morgan fingerprint density at radius 1 is 1.34 bits per heavy atom. The molecule has 154 valence electrons. The fourth-order valence-electron chi connectivity index (χ4n) is 2.38. The molecule has 0 radical (unpaired) electrons. The summed E-state index contributed by atoms with van der Waals surface area (Å²) in [5.74, 6) is 0.159. The number of halogens is 1. The Morgan fingerprint density at radius 3 is 2.62 bits per heavy atom. The van der Waals surface area contributed by atoms with E-state index in [2.05, 4.69) is 25.9 Å². The fourth-order valence-corrected chi connectivity index (χ4v) is 3.27. The van der Waals surface area contributed by atoms with Gasteiger partial charge in [0.1, 0.15) is 11.6 Å². The van der Waals surface area contributed by atoms with Crippen LogP contribution in [-0.4, -0.2) is 41.5 Å². The molecule has 0 aliphatic rings. The number of H-pyrrole nitrogens is 1. The van der Waals surface area contributed by atoms with Crippen LogP contribution in [0, 0.1) is 11.3 Å². The lowest BCUT2D eigenvalue weighted by Gasteiger charge is -2.15. The van der Waals surface area contributed by atoms with E-state index >= 15 is 0 Å². The van der Waals surface area contributed by atoms with Crippen LogP contribution in [0.2, 0.25) is 0 Å². The molecule has 0 aliphatic heterocycles. The molecule has 29 heavy (non-hydrogen) atoms. The van der Waals surface area contributed by atoms with Gasteiger partial charge in [0.05, 0.1) is 18.4 Å². The second-order valence-electron chi connectivity index (χ2n) is 5.95. The molecule has 1 aromatic carbocycles. The summed E-state index contributed by atoms with van der Waals surface area (Å²) in [7, 11) is 0. The minimum atomic E-state index is -0.525. The summed E-state index contributed by atoms with van der Waals surface area (Å²) in [4.78, 5) is 30.9. The zero-order valence-electron chi connectivity index (χ0n) is 16.4. The lowest BCUT2D eigenvalue weighted by molar-refractivity contribution is -0.149. The number of hydrogen-bond acceptors (Lipinski definition) is 8. The summed E-state index contributed by atoms with van der Waals surface area (Å²) < 4.78 is 16.8. The molecular formula is C19H20BrN3O5S. The van der Waals surface area contributed by atoms with Crippen molar-refractivity contribution in [2.24, 2.45) is 0 Å². The van der Waals surface area contributed by atoms with Gasteiger partial charge in [0.15, 0.2) is 23.3 Å². The Morgan fingerprint density at radius 2 is 2.03 bits per heavy atom. The molecule has 0 bridgehead atoms. The van der Waals surface area contributed by atoms with Gasteiger partial charge < -0.3 is 19.2 Å². The first-order valence-corrected chi connectivity index (χ1v) is 10.7. The Labute approximate surface area is 180 Å². The highest BCUT2D eigenvalue weighted by Gasteiger charge is 2.20. The molecule has 0 saturated heterocycles. The molecule has 0 fully saturated rings. The molecule has 0 spiro atoms. The van der Waals surface area contributed by atoms with Gasteiger partial charge in [-0.2, -0.15) is 5.26 Å². The number of aromatic nitrogens is 2.